The summed E-state index contributed by atoms with van der Waals surface area (Å²) in [6, 6.07) is 2.54. The van der Waals surface area contributed by atoms with Crippen molar-refractivity contribution in [2.24, 2.45) is 0 Å². The molecule has 0 fully saturated rings. The Kier molecular flexibility index (Phi) is 7.70. The zero-order valence-corrected chi connectivity index (χ0v) is 16.0. The van der Waals surface area contributed by atoms with Gasteiger partial charge in [0.15, 0.2) is 0 Å². The first-order chi connectivity index (χ1) is 10.7. The molecule has 1 rings (SSSR count). The first-order valence-electron chi connectivity index (χ1n) is 7.35. The number of hydrogen-bond donors (Lipinski definition) is 3. The molecule has 3 amide bonds. The zero-order chi connectivity index (χ0) is 17.6. The van der Waals surface area contributed by atoms with E-state index in [9.17, 15) is 14.4 Å². The molecule has 0 saturated heterocycles. The van der Waals surface area contributed by atoms with Crippen molar-refractivity contribution in [3.63, 3.8) is 0 Å². The number of hydrogen-bond acceptors (Lipinski definition) is 4. The van der Waals surface area contributed by atoms with Crippen LogP contribution in [0.3, 0.4) is 0 Å². The summed E-state index contributed by atoms with van der Waals surface area (Å²) >= 11 is 4.59. The molecule has 0 saturated carbocycles. The number of halogens is 1. The molecule has 0 radical (unpaired) electrons. The highest BCUT2D eigenvalue weighted by molar-refractivity contribution is 9.11. The molecule has 1 aromatic heterocycles. The van der Waals surface area contributed by atoms with Crippen LogP contribution in [-0.4, -0.2) is 35.8 Å². The van der Waals surface area contributed by atoms with Gasteiger partial charge in [0.25, 0.3) is 5.91 Å². The van der Waals surface area contributed by atoms with Crippen molar-refractivity contribution < 1.29 is 14.4 Å². The van der Waals surface area contributed by atoms with Gasteiger partial charge in [-0.2, -0.15) is 0 Å². The van der Waals surface area contributed by atoms with Crippen molar-refractivity contribution in [1.82, 2.24) is 16.0 Å². The molecule has 0 aliphatic carbocycles. The van der Waals surface area contributed by atoms with Crippen molar-refractivity contribution >= 4 is 45.0 Å². The maximum Gasteiger partial charge on any atom is 0.262 e. The predicted molar refractivity (Wildman–Crippen MR) is 94.4 cm³/mol. The van der Waals surface area contributed by atoms with Crippen LogP contribution in [0.15, 0.2) is 15.9 Å². The second-order valence-corrected chi connectivity index (χ2v) is 8.10. The lowest BCUT2D eigenvalue weighted by atomic mass is 10.2. The summed E-state index contributed by atoms with van der Waals surface area (Å²) in [5, 5.41) is 8.13. The first-order valence-corrected chi connectivity index (χ1v) is 8.96. The normalized spacial score (nSPS) is 13.3. The van der Waals surface area contributed by atoms with Crippen LogP contribution in [0.2, 0.25) is 0 Å². The van der Waals surface area contributed by atoms with Gasteiger partial charge in [-0.3, -0.25) is 14.4 Å². The molecule has 0 aliphatic heterocycles. The Morgan fingerprint density at radius 3 is 2.26 bits per heavy atom. The van der Waals surface area contributed by atoms with E-state index in [4.69, 9.17) is 0 Å². The van der Waals surface area contributed by atoms with Crippen LogP contribution in [0.4, 0.5) is 0 Å². The third kappa shape index (κ3) is 7.13. The Morgan fingerprint density at radius 1 is 1.09 bits per heavy atom. The van der Waals surface area contributed by atoms with Crippen LogP contribution in [-0.2, 0) is 9.59 Å². The molecule has 2 unspecified atom stereocenters. The molecule has 6 nitrogen and oxygen atoms in total. The molecular formula is C15H22BrN3O3S. The van der Waals surface area contributed by atoms with Crippen LogP contribution in [0.1, 0.15) is 43.8 Å². The zero-order valence-electron chi connectivity index (χ0n) is 13.6. The van der Waals surface area contributed by atoms with Gasteiger partial charge in [-0.25, -0.2) is 0 Å². The number of carbonyl (C=O) groups is 3. The lowest BCUT2D eigenvalue weighted by Crippen LogP contribution is -2.48. The quantitative estimate of drug-likeness (QED) is 0.650. The van der Waals surface area contributed by atoms with Crippen molar-refractivity contribution in [3.8, 4) is 0 Å². The fourth-order valence-corrected chi connectivity index (χ4v) is 3.14. The summed E-state index contributed by atoms with van der Waals surface area (Å²) in [4.78, 5) is 36.2. The average Bonchev–Trinajstić information content (AvgIpc) is 2.83. The van der Waals surface area contributed by atoms with Crippen LogP contribution >= 0.6 is 27.3 Å². The maximum atomic E-state index is 12.1. The van der Waals surface area contributed by atoms with Gasteiger partial charge in [0.1, 0.15) is 6.04 Å². The summed E-state index contributed by atoms with van der Waals surface area (Å²) in [7, 11) is 0. The van der Waals surface area contributed by atoms with E-state index in [1.165, 1.54) is 11.3 Å². The summed E-state index contributed by atoms with van der Waals surface area (Å²) in [5.74, 6) is -0.736. The molecule has 1 heterocycles. The largest absolute Gasteiger partial charge is 0.354 e. The molecule has 0 aromatic carbocycles. The fourth-order valence-electron chi connectivity index (χ4n) is 1.85. The lowest BCUT2D eigenvalue weighted by molar-refractivity contribution is -0.124. The lowest BCUT2D eigenvalue weighted by Gasteiger charge is -2.18. The standard InChI is InChI=1S/C15H22BrN3O3S/c1-8(2)17-13(20)7-9(3)18-14(21)10(4)19-15(22)11-5-6-12(16)23-11/h5-6,8-10H,7H2,1-4H3,(H,17,20)(H,18,21)(H,19,22). The summed E-state index contributed by atoms with van der Waals surface area (Å²) in [5.41, 5.74) is 0. The van der Waals surface area contributed by atoms with Crippen LogP contribution in [0.25, 0.3) is 0 Å². The molecule has 2 atom stereocenters. The summed E-state index contributed by atoms with van der Waals surface area (Å²) in [6.07, 6.45) is 0.197. The van der Waals surface area contributed by atoms with Crippen molar-refractivity contribution in [3.05, 3.63) is 20.8 Å². The molecule has 3 N–H and O–H groups in total. The van der Waals surface area contributed by atoms with Gasteiger partial charge in [0, 0.05) is 18.5 Å². The third-order valence-corrected chi connectivity index (χ3v) is 4.49. The Labute approximate surface area is 148 Å². The molecule has 23 heavy (non-hydrogen) atoms. The number of thiophene rings is 1. The van der Waals surface area contributed by atoms with E-state index in [1.807, 2.05) is 13.8 Å². The number of nitrogens with one attached hydrogen (secondary N) is 3. The summed E-state index contributed by atoms with van der Waals surface area (Å²) < 4.78 is 0.851. The average molecular weight is 404 g/mol. The predicted octanol–water partition coefficient (Wildman–Crippen LogP) is 2.05. The molecule has 128 valence electrons. The highest BCUT2D eigenvalue weighted by Gasteiger charge is 2.20. The molecule has 0 aliphatic rings. The molecule has 0 spiro atoms. The topological polar surface area (TPSA) is 87.3 Å². The highest BCUT2D eigenvalue weighted by Crippen LogP contribution is 2.21. The molecule has 0 bridgehead atoms. The second kappa shape index (κ2) is 9.02. The number of carbonyl (C=O) groups excluding carboxylic acids is 3. The Hall–Kier alpha value is -1.41. The van der Waals surface area contributed by atoms with Gasteiger partial charge in [-0.05, 0) is 55.8 Å². The monoisotopic (exact) mass is 403 g/mol. The summed E-state index contributed by atoms with van der Waals surface area (Å²) in [6.45, 7) is 7.11. The van der Waals surface area contributed by atoms with Crippen LogP contribution in [0, 0.1) is 0 Å². The van der Waals surface area contributed by atoms with E-state index >= 15 is 0 Å². The first kappa shape index (κ1) is 19.6. The fraction of sp³-hybridized carbons (Fsp3) is 0.533. The number of rotatable bonds is 7. The second-order valence-electron chi connectivity index (χ2n) is 5.63. The van der Waals surface area contributed by atoms with Crippen molar-refractivity contribution in [2.75, 3.05) is 0 Å². The highest BCUT2D eigenvalue weighted by atomic mass is 79.9. The van der Waals surface area contributed by atoms with E-state index in [2.05, 4.69) is 31.9 Å². The maximum absolute atomic E-state index is 12.1. The van der Waals surface area contributed by atoms with Gasteiger partial charge in [0.2, 0.25) is 11.8 Å². The van der Waals surface area contributed by atoms with Crippen molar-refractivity contribution in [1.29, 1.82) is 0 Å². The Balaban J connectivity index is 2.44. The molecule has 1 aromatic rings. The molecular weight excluding hydrogens is 382 g/mol. The van der Waals surface area contributed by atoms with E-state index in [0.29, 0.717) is 4.88 Å². The van der Waals surface area contributed by atoms with E-state index in [-0.39, 0.29) is 36.2 Å². The van der Waals surface area contributed by atoms with Gasteiger partial charge in [-0.15, -0.1) is 11.3 Å². The third-order valence-electron chi connectivity index (χ3n) is 2.87. The Bertz CT molecular complexity index is 574. The van der Waals surface area contributed by atoms with Crippen LogP contribution < -0.4 is 16.0 Å². The van der Waals surface area contributed by atoms with Gasteiger partial charge >= 0.3 is 0 Å². The minimum atomic E-state index is -0.681. The van der Waals surface area contributed by atoms with Crippen molar-refractivity contribution in [2.45, 2.75) is 52.2 Å². The van der Waals surface area contributed by atoms with E-state index < -0.39 is 6.04 Å². The number of amides is 3. The minimum absolute atomic E-state index is 0.0636. The minimum Gasteiger partial charge on any atom is -0.354 e. The van der Waals surface area contributed by atoms with Gasteiger partial charge in [0.05, 0.1) is 8.66 Å². The SMILES string of the molecule is CC(C)NC(=O)CC(C)NC(=O)C(C)NC(=O)c1ccc(Br)s1. The van der Waals surface area contributed by atoms with E-state index in [0.717, 1.165) is 3.79 Å². The smallest absolute Gasteiger partial charge is 0.262 e. The van der Waals surface area contributed by atoms with Gasteiger partial charge < -0.3 is 16.0 Å². The van der Waals surface area contributed by atoms with E-state index in [1.54, 1.807) is 26.0 Å². The van der Waals surface area contributed by atoms with Crippen LogP contribution in [0.5, 0.6) is 0 Å². The Morgan fingerprint density at radius 2 is 1.74 bits per heavy atom. The molecule has 8 heteroatoms. The van der Waals surface area contributed by atoms with Gasteiger partial charge in [-0.1, -0.05) is 0 Å².